The number of amides is 13. The number of hydrogen-bond acceptors (Lipinski definition) is 22. The van der Waals surface area contributed by atoms with E-state index in [4.69, 9.17) is 21.1 Å². The lowest BCUT2D eigenvalue weighted by molar-refractivity contribution is -0.913. The average Bonchev–Trinajstić information content (AvgIpc) is 1.73. The van der Waals surface area contributed by atoms with Crippen molar-refractivity contribution >= 4 is 146 Å². The average molecular weight is 1640 g/mol. The zero-order valence-electron chi connectivity index (χ0n) is 65.9. The number of fused-ring (bicyclic) bond motifs is 6. The molecule has 37 nitrogen and oxygen atoms in total. The highest BCUT2D eigenvalue weighted by Gasteiger charge is 2.42. The highest BCUT2D eigenvalue weighted by Crippen LogP contribution is 2.25. The van der Waals surface area contributed by atoms with Crippen LogP contribution in [0.2, 0.25) is 0 Å². The van der Waals surface area contributed by atoms with Crippen molar-refractivity contribution in [1.82, 2.24) is 72.5 Å². The van der Waals surface area contributed by atoms with E-state index in [1.165, 1.54) is 39.5 Å². The van der Waals surface area contributed by atoms with Gasteiger partial charge in [0.15, 0.2) is 19.1 Å². The van der Waals surface area contributed by atoms with E-state index in [0.717, 1.165) is 28.4 Å². The molecule has 39 heteroatoms. The predicted octanol–water partition coefficient (Wildman–Crippen LogP) is -3.61. The Morgan fingerprint density at radius 1 is 0.600 bits per heavy atom. The second-order valence-corrected chi connectivity index (χ2v) is 31.6. The van der Waals surface area contributed by atoms with Gasteiger partial charge in [-0.1, -0.05) is 71.0 Å². The summed E-state index contributed by atoms with van der Waals surface area (Å²) in [5.74, 6) is -17.7. The van der Waals surface area contributed by atoms with E-state index >= 15 is 0 Å². The molecule has 5 heterocycles. The van der Waals surface area contributed by atoms with Gasteiger partial charge in [-0.25, -0.2) is 0 Å². The normalized spacial score (nSPS) is 25.6. The number of aliphatic carboxylic acids is 1. The van der Waals surface area contributed by atoms with Crippen molar-refractivity contribution in [3.8, 4) is 0 Å². The molecule has 0 saturated carbocycles. The molecule has 18 N–H and O–H groups in total. The van der Waals surface area contributed by atoms with Crippen molar-refractivity contribution in [2.24, 2.45) is 35.1 Å². The lowest BCUT2D eigenvalue weighted by atomic mass is 9.92. The number of carboxylic acids is 1. The molecule has 115 heavy (non-hydrogen) atoms. The van der Waals surface area contributed by atoms with Crippen molar-refractivity contribution in [1.29, 1.82) is 0 Å². The number of thioether (sulfide) groups is 2. The van der Waals surface area contributed by atoms with Gasteiger partial charge < -0.3 is 89.3 Å². The summed E-state index contributed by atoms with van der Waals surface area (Å²) in [5.41, 5.74) is 14.2. The highest BCUT2D eigenvalue weighted by molar-refractivity contribution is 8.00. The van der Waals surface area contributed by atoms with Gasteiger partial charge in [0.25, 0.3) is 0 Å². The van der Waals surface area contributed by atoms with E-state index in [-0.39, 0.29) is 99.6 Å². The number of aliphatic hydroxyl groups is 1. The van der Waals surface area contributed by atoms with Crippen molar-refractivity contribution < 1.29 is 101 Å². The number of nitrogens with zero attached hydrogens (tertiary/aromatic N) is 3. The van der Waals surface area contributed by atoms with Gasteiger partial charge in [-0.15, -0.1) is 11.8 Å². The maximum absolute atomic E-state index is 14.8. The second kappa shape index (κ2) is 44.9. The molecule has 2 bridgehead atoms. The minimum absolute atomic E-state index is 0.0107. The summed E-state index contributed by atoms with van der Waals surface area (Å²) in [5, 5.41) is 45.6. The van der Waals surface area contributed by atoms with Crippen LogP contribution in [0.3, 0.4) is 0 Å². The monoisotopic (exact) mass is 1640 g/mol. The Balaban J connectivity index is 0.00000675. The number of nitrogens with two attached hydrogens (primary N) is 2. The molecule has 2 aromatic heterocycles. The number of carbonyl (C=O) groups is 16. The first kappa shape index (κ1) is 93.3. The standard InChI is InChI=1S/C75H107N17O18S2.CO2/c1-10-44-27-58(95)65(43(9)93)88-69(104)47(28-57(94)41(7)76)33-111-35-60(97)90-23-24-91(38-89(11-2)37-90)61(98)36-112-34-55(66(77)101)85-73(108)56-21-16-22-92(56)75(110)64(40(5)6)87-71(106)52(25-45-30-78-50-19-14-12-17-48(45)50)82-59(96)32-80-70(105)54(29-62(99)100)84-74(109)63(39(3)4)86-72(107)53(83-67(102)42(8)81-68(44)103)26-46-31-79-51-20-15-13-18-49(46)51;2-1-3/h12-15,17-20,30-31,39-44,47,52-56,63-65,78-79,93H,10-11,16,21-29,32-38,76H2,1-9H3,(H2,77,101)(H,80,105)(H,81,103)(H,82,96)(H,83,102)(H,84,109)(H,85,108)(H,86,107)(H,87,106)(H,88,104)(H,99,100);/p+1/t41-,42-,43+,44+,47-,52-,53-,54-,55-,56-,63-,64-,65-;/m0./s1. The molecule has 0 aliphatic carbocycles. The number of aromatic nitrogens is 2. The van der Waals surface area contributed by atoms with Crippen LogP contribution < -0.4 is 64.2 Å². The molecule has 3 saturated heterocycles. The molecule has 2 aromatic carbocycles. The minimum atomic E-state index is -1.89. The number of para-hydroxylation sites is 2. The van der Waals surface area contributed by atoms with Gasteiger partial charge in [0.1, 0.15) is 60.2 Å². The Labute approximate surface area is 673 Å². The number of hydrogen-bond donors (Lipinski definition) is 16. The van der Waals surface area contributed by atoms with Crippen LogP contribution >= 0.6 is 23.5 Å². The van der Waals surface area contributed by atoms with Crippen molar-refractivity contribution in [2.45, 2.75) is 180 Å². The van der Waals surface area contributed by atoms with Crippen LogP contribution in [-0.2, 0) is 99.1 Å². The Morgan fingerprint density at radius 3 is 1.63 bits per heavy atom. The number of primary amides is 1. The summed E-state index contributed by atoms with van der Waals surface area (Å²) >= 11 is 2.06. The zero-order valence-corrected chi connectivity index (χ0v) is 67.6. The largest absolute Gasteiger partial charge is 0.481 e. The van der Waals surface area contributed by atoms with Crippen molar-refractivity contribution in [3.63, 3.8) is 0 Å². The summed E-state index contributed by atoms with van der Waals surface area (Å²) in [6, 6.07) is -0.00512. The molecule has 628 valence electrons. The summed E-state index contributed by atoms with van der Waals surface area (Å²) in [7, 11) is 0. The quantitative estimate of drug-likeness (QED) is 0.0546. The number of rotatable bonds is 15. The van der Waals surface area contributed by atoms with Gasteiger partial charge in [0.2, 0.25) is 76.8 Å². The Bertz CT molecular complexity index is 4200. The number of benzene rings is 2. The molecule has 4 aromatic rings. The van der Waals surface area contributed by atoms with E-state index in [1.54, 1.807) is 91.5 Å². The number of Topliss-reactive ketones (excluding diaryl/α,β-unsaturated/α-hetero) is 2. The van der Waals surface area contributed by atoms with E-state index in [9.17, 15) is 86.9 Å². The molecule has 14 atom stereocenters. The van der Waals surface area contributed by atoms with Crippen molar-refractivity contribution in [3.05, 3.63) is 72.1 Å². The second-order valence-electron chi connectivity index (χ2n) is 29.5. The lowest BCUT2D eigenvalue weighted by Gasteiger charge is -2.32. The molecule has 3 aliphatic heterocycles. The predicted molar refractivity (Wildman–Crippen MR) is 420 cm³/mol. The third kappa shape index (κ3) is 27.3. The van der Waals surface area contributed by atoms with E-state index in [0.29, 0.717) is 45.9 Å². The summed E-state index contributed by atoms with van der Waals surface area (Å²) in [6.07, 6.45) is 0.0832. The van der Waals surface area contributed by atoms with Crippen LogP contribution in [0.25, 0.3) is 21.8 Å². The molecule has 3 aliphatic rings. The van der Waals surface area contributed by atoms with Gasteiger partial charge >= 0.3 is 12.1 Å². The number of nitrogens with one attached hydrogen (secondary N) is 12. The molecule has 3 fully saturated rings. The molecule has 0 spiro atoms. The van der Waals surface area contributed by atoms with E-state index in [2.05, 4.69) is 57.8 Å². The zero-order chi connectivity index (χ0) is 85.1. The first-order valence-electron chi connectivity index (χ1n) is 38.1. The first-order chi connectivity index (χ1) is 54.5. The number of aliphatic hydroxyl groups excluding tert-OH is 1. The number of quaternary nitrogens is 1. The topological polar surface area (TPSA) is 554 Å². The van der Waals surface area contributed by atoms with Crippen LogP contribution in [-0.4, -0.2) is 271 Å². The lowest BCUT2D eigenvalue weighted by Crippen LogP contribution is -3.14. The summed E-state index contributed by atoms with van der Waals surface area (Å²) in [6.45, 7) is 14.1. The maximum atomic E-state index is 14.8. The maximum Gasteiger partial charge on any atom is 0.373 e. The summed E-state index contributed by atoms with van der Waals surface area (Å²) in [4.78, 5) is 252. The van der Waals surface area contributed by atoms with Crippen LogP contribution in [0.4, 0.5) is 0 Å². The van der Waals surface area contributed by atoms with Gasteiger partial charge in [-0.3, -0.25) is 86.5 Å². The third-order valence-corrected chi connectivity index (χ3v) is 22.2. The molecular formula is C76H108N17O20S2+. The number of ketones is 2. The number of carboxylic acid groups (broad SMARTS) is 1. The molecular weight excluding hydrogens is 1540 g/mol. The number of H-pyrrole nitrogens is 2. The van der Waals surface area contributed by atoms with Crippen LogP contribution in [0.5, 0.6) is 0 Å². The smallest absolute Gasteiger partial charge is 0.373 e. The van der Waals surface area contributed by atoms with Gasteiger partial charge in [-0.05, 0) is 82.1 Å². The van der Waals surface area contributed by atoms with Crippen LogP contribution in [0.1, 0.15) is 112 Å². The van der Waals surface area contributed by atoms with Crippen LogP contribution in [0.15, 0.2) is 60.9 Å². The molecule has 1 unspecified atom stereocenters. The van der Waals surface area contributed by atoms with Crippen LogP contribution in [0, 0.1) is 23.7 Å². The molecule has 13 amide bonds. The highest BCUT2D eigenvalue weighted by atomic mass is 32.2. The molecule has 7 rings (SSSR count). The fourth-order valence-corrected chi connectivity index (χ4v) is 15.4. The summed E-state index contributed by atoms with van der Waals surface area (Å²) < 4.78 is 0. The van der Waals surface area contributed by atoms with E-state index in [1.807, 2.05) is 6.92 Å². The van der Waals surface area contributed by atoms with Gasteiger partial charge in [0.05, 0.1) is 49.1 Å². The Hall–Kier alpha value is -10.6. The van der Waals surface area contributed by atoms with Gasteiger partial charge in [-0.2, -0.15) is 21.4 Å². The Morgan fingerprint density at radius 2 is 1.11 bits per heavy atom. The third-order valence-electron chi connectivity index (χ3n) is 20.1. The SMILES string of the molecule is CC[C@@H]1CC(=O)[C@H]([C@@H](C)O)NC(=O)[C@@H](CC(=O)[C@H](C)N)CSCC(=O)N2CCN(C[NH+](CC)C2)C(=O)CSC[C@@H](C(N)=O)NC(=O)[C@@H]2CCCN2C(=O)[C@H](C(C)C)NC(=O)[C@H](Cc2c[nH]c3ccccc23)NC(=O)CNC(=O)[C@H](CC(=O)O)NC(=O)[C@H](C(C)C)NC(=O)[C@H](Cc2c[nH]c3ccccc23)NC(=O)[C@H](C)NC1=O.O=C=O. The fraction of sp³-hybridized carbons (Fsp3) is 0.566. The Kier molecular flexibility index (Phi) is 36.4. The fourth-order valence-electron chi connectivity index (χ4n) is 13.4. The minimum Gasteiger partial charge on any atom is -0.481 e. The number of aromatic amines is 2. The van der Waals surface area contributed by atoms with Gasteiger partial charge in [0, 0.05) is 96.9 Å². The first-order valence-corrected chi connectivity index (χ1v) is 40.5. The van der Waals surface area contributed by atoms with Crippen molar-refractivity contribution in [2.75, 3.05) is 69.1 Å². The van der Waals surface area contributed by atoms with E-state index < -0.39 is 199 Å². The molecule has 0 radical (unpaired) electrons. The number of carbonyl (C=O) groups excluding carboxylic acids is 17.